The predicted octanol–water partition coefficient (Wildman–Crippen LogP) is 2.93. The third-order valence-corrected chi connectivity index (χ3v) is 2.79. The van der Waals surface area contributed by atoms with E-state index in [0.717, 1.165) is 0 Å². The van der Waals surface area contributed by atoms with E-state index < -0.39 is 11.8 Å². The van der Waals surface area contributed by atoms with E-state index in [4.69, 9.17) is 9.47 Å². The Balaban J connectivity index is 2.14. The van der Waals surface area contributed by atoms with E-state index in [-0.39, 0.29) is 0 Å². The molecule has 1 amide bonds. The highest BCUT2D eigenvalue weighted by atomic mass is 16.6. The number of amides is 1. The molecule has 94 valence electrons. The van der Waals surface area contributed by atoms with Crippen LogP contribution in [0.1, 0.15) is 6.92 Å². The van der Waals surface area contributed by atoms with E-state index in [0.29, 0.717) is 5.75 Å². The molecular weight excluding hydrogens is 230 g/mol. The zero-order chi connectivity index (χ0) is 13.0. The number of carbonyl (C=O) groups excluding carboxylic acids is 1. The molecule has 0 spiro atoms. The highest BCUT2D eigenvalue weighted by Gasteiger charge is 2.34. The molecule has 4 nitrogen and oxygen atoms in total. The summed E-state index contributed by atoms with van der Waals surface area (Å²) >= 11 is 0. The molecule has 4 heteroatoms. The van der Waals surface area contributed by atoms with Gasteiger partial charge in [-0.05, 0) is 31.2 Å². The summed E-state index contributed by atoms with van der Waals surface area (Å²) in [6, 6.07) is 8.94. The van der Waals surface area contributed by atoms with Gasteiger partial charge in [0.1, 0.15) is 5.75 Å². The fourth-order valence-corrected chi connectivity index (χ4v) is 1.65. The number of benzene rings is 1. The molecular formula is C14H15NO3. The Morgan fingerprint density at radius 3 is 2.61 bits per heavy atom. The van der Waals surface area contributed by atoms with Crippen molar-refractivity contribution in [2.75, 3.05) is 7.11 Å². The average Bonchev–Trinajstić information content (AvgIpc) is 2.40. The van der Waals surface area contributed by atoms with Crippen LogP contribution in [0.2, 0.25) is 0 Å². The third-order valence-electron chi connectivity index (χ3n) is 2.79. The van der Waals surface area contributed by atoms with Crippen LogP contribution < -0.4 is 4.74 Å². The molecule has 0 bridgehead atoms. The van der Waals surface area contributed by atoms with Crippen molar-refractivity contribution < 1.29 is 14.3 Å². The molecule has 1 aliphatic heterocycles. The van der Waals surface area contributed by atoms with Crippen LogP contribution in [-0.2, 0) is 4.74 Å². The summed E-state index contributed by atoms with van der Waals surface area (Å²) < 4.78 is 10.6. The van der Waals surface area contributed by atoms with Gasteiger partial charge in [0.2, 0.25) is 0 Å². The van der Waals surface area contributed by atoms with Gasteiger partial charge in [0, 0.05) is 13.3 Å². The largest absolute Gasteiger partial charge is 0.421 e. The highest BCUT2D eigenvalue weighted by molar-refractivity contribution is 5.73. The molecule has 18 heavy (non-hydrogen) atoms. The van der Waals surface area contributed by atoms with Gasteiger partial charge >= 0.3 is 6.09 Å². The highest BCUT2D eigenvalue weighted by Crippen LogP contribution is 2.23. The number of nitrogens with zero attached hydrogens (tertiary/aromatic N) is 1. The summed E-state index contributed by atoms with van der Waals surface area (Å²) in [5, 5.41) is 0. The Hall–Kier alpha value is -2.07. The van der Waals surface area contributed by atoms with Gasteiger partial charge in [-0.2, -0.15) is 0 Å². The second kappa shape index (κ2) is 5.06. The van der Waals surface area contributed by atoms with Gasteiger partial charge in [0.15, 0.2) is 5.72 Å². The minimum atomic E-state index is -0.819. The van der Waals surface area contributed by atoms with Crippen LogP contribution in [0.25, 0.3) is 0 Å². The van der Waals surface area contributed by atoms with Crippen LogP contribution in [0.5, 0.6) is 5.75 Å². The maximum Gasteiger partial charge on any atom is 0.421 e. The van der Waals surface area contributed by atoms with Gasteiger partial charge in [-0.1, -0.05) is 24.3 Å². The molecule has 1 aromatic carbocycles. The lowest BCUT2D eigenvalue weighted by molar-refractivity contribution is -0.0479. The van der Waals surface area contributed by atoms with Crippen molar-refractivity contribution >= 4 is 6.09 Å². The van der Waals surface area contributed by atoms with Crippen molar-refractivity contribution in [2.24, 2.45) is 0 Å². The fraction of sp³-hybridized carbons (Fsp3) is 0.214. The van der Waals surface area contributed by atoms with E-state index in [9.17, 15) is 4.79 Å². The standard InChI is InChI=1S/C14H15NO3/c1-14(17-2)10-6-7-11-15(14)13(16)18-12-8-4-3-5-9-12/h3-11H,1-2H3. The number of hydrogen-bond donors (Lipinski definition) is 0. The van der Waals surface area contributed by atoms with Crippen molar-refractivity contribution in [3.8, 4) is 5.75 Å². The number of allylic oxidation sites excluding steroid dienone is 2. The summed E-state index contributed by atoms with van der Waals surface area (Å²) in [5.74, 6) is 0.504. The molecule has 0 aliphatic carbocycles. The Morgan fingerprint density at radius 2 is 1.94 bits per heavy atom. The van der Waals surface area contributed by atoms with Crippen LogP contribution in [-0.4, -0.2) is 23.8 Å². The van der Waals surface area contributed by atoms with E-state index in [2.05, 4.69) is 0 Å². The topological polar surface area (TPSA) is 38.8 Å². The van der Waals surface area contributed by atoms with Gasteiger partial charge in [-0.3, -0.25) is 4.90 Å². The number of methoxy groups -OCH3 is 1. The zero-order valence-electron chi connectivity index (χ0n) is 10.4. The molecule has 0 saturated heterocycles. The molecule has 0 saturated carbocycles. The first-order chi connectivity index (χ1) is 8.65. The zero-order valence-corrected chi connectivity index (χ0v) is 10.4. The van der Waals surface area contributed by atoms with Crippen molar-refractivity contribution in [1.29, 1.82) is 0 Å². The second-order valence-corrected chi connectivity index (χ2v) is 4.01. The first kappa shape index (κ1) is 12.4. The maximum atomic E-state index is 12.1. The van der Waals surface area contributed by atoms with E-state index in [1.165, 1.54) is 4.90 Å². The number of rotatable bonds is 2. The second-order valence-electron chi connectivity index (χ2n) is 4.01. The minimum Gasteiger partial charge on any atom is -0.410 e. The molecule has 1 aromatic rings. The van der Waals surface area contributed by atoms with Gasteiger partial charge in [0.05, 0.1) is 0 Å². The van der Waals surface area contributed by atoms with Crippen molar-refractivity contribution in [2.45, 2.75) is 12.6 Å². The Bertz CT molecular complexity index is 481. The summed E-state index contributed by atoms with van der Waals surface area (Å²) in [7, 11) is 1.55. The van der Waals surface area contributed by atoms with Gasteiger partial charge in [-0.25, -0.2) is 4.79 Å². The van der Waals surface area contributed by atoms with Crippen LogP contribution in [0.15, 0.2) is 54.8 Å². The smallest absolute Gasteiger partial charge is 0.410 e. The maximum absolute atomic E-state index is 12.1. The molecule has 1 atom stereocenters. The Labute approximate surface area is 106 Å². The molecule has 0 aromatic heterocycles. The van der Waals surface area contributed by atoms with Crippen LogP contribution in [0, 0.1) is 0 Å². The third kappa shape index (κ3) is 2.43. The normalized spacial score (nSPS) is 22.0. The molecule has 2 rings (SSSR count). The molecule has 0 fully saturated rings. The summed E-state index contributed by atoms with van der Waals surface area (Å²) in [5.41, 5.74) is -0.819. The van der Waals surface area contributed by atoms with Crippen molar-refractivity contribution in [3.05, 3.63) is 54.8 Å². The van der Waals surface area contributed by atoms with E-state index in [1.807, 2.05) is 24.3 Å². The summed E-state index contributed by atoms with van der Waals surface area (Å²) in [4.78, 5) is 13.5. The molecule has 1 unspecified atom stereocenters. The van der Waals surface area contributed by atoms with Crippen molar-refractivity contribution in [3.63, 3.8) is 0 Å². The van der Waals surface area contributed by atoms with Crippen molar-refractivity contribution in [1.82, 2.24) is 4.90 Å². The summed E-state index contributed by atoms with van der Waals surface area (Å²) in [6.07, 6.45) is 6.53. The van der Waals surface area contributed by atoms with Gasteiger partial charge in [-0.15, -0.1) is 0 Å². The molecule has 0 radical (unpaired) electrons. The van der Waals surface area contributed by atoms with Crippen LogP contribution in [0.4, 0.5) is 4.79 Å². The monoisotopic (exact) mass is 245 g/mol. The number of hydrogen-bond acceptors (Lipinski definition) is 3. The van der Waals surface area contributed by atoms with E-state index >= 15 is 0 Å². The SMILES string of the molecule is COC1(C)C=CC=CN1C(=O)Oc1ccccc1. The molecule has 1 aliphatic rings. The predicted molar refractivity (Wildman–Crippen MR) is 68.0 cm³/mol. The average molecular weight is 245 g/mol. The lowest BCUT2D eigenvalue weighted by atomic mass is 10.1. The summed E-state index contributed by atoms with van der Waals surface area (Å²) in [6.45, 7) is 1.79. The quantitative estimate of drug-likeness (QED) is 0.804. The first-order valence-electron chi connectivity index (χ1n) is 5.63. The lowest BCUT2D eigenvalue weighted by Gasteiger charge is -2.35. The molecule has 1 heterocycles. The number of para-hydroxylation sites is 1. The van der Waals surface area contributed by atoms with Crippen LogP contribution >= 0.6 is 0 Å². The minimum absolute atomic E-state index is 0.480. The lowest BCUT2D eigenvalue weighted by Crippen LogP contribution is -2.48. The van der Waals surface area contributed by atoms with E-state index in [1.54, 1.807) is 44.5 Å². The van der Waals surface area contributed by atoms with Crippen LogP contribution in [0.3, 0.4) is 0 Å². The van der Waals surface area contributed by atoms with Gasteiger partial charge in [0.25, 0.3) is 0 Å². The van der Waals surface area contributed by atoms with Gasteiger partial charge < -0.3 is 9.47 Å². The number of carbonyl (C=O) groups is 1. The fourth-order valence-electron chi connectivity index (χ4n) is 1.65. The Kier molecular flexibility index (Phi) is 3.48. The molecule has 0 N–H and O–H groups in total. The Morgan fingerprint density at radius 1 is 1.22 bits per heavy atom. The number of ether oxygens (including phenoxy) is 2. The first-order valence-corrected chi connectivity index (χ1v) is 5.63.